The number of rotatable bonds is 7. The quantitative estimate of drug-likeness (QED) is 0.646. The summed E-state index contributed by atoms with van der Waals surface area (Å²) in [5, 5.41) is 7.49. The van der Waals surface area contributed by atoms with Gasteiger partial charge in [0.1, 0.15) is 6.54 Å². The van der Waals surface area contributed by atoms with Gasteiger partial charge < -0.3 is 5.32 Å². The maximum absolute atomic E-state index is 12.5. The van der Waals surface area contributed by atoms with E-state index in [0.717, 1.165) is 30.8 Å². The fourth-order valence-electron chi connectivity index (χ4n) is 2.82. The number of hydrogen-bond acceptors (Lipinski definition) is 3. The summed E-state index contributed by atoms with van der Waals surface area (Å²) in [6.45, 7) is 4.26. The summed E-state index contributed by atoms with van der Waals surface area (Å²) in [6.07, 6.45) is 6.49. The molecule has 0 aliphatic rings. The van der Waals surface area contributed by atoms with Gasteiger partial charge in [-0.3, -0.25) is 9.47 Å². The topological polar surface area (TPSA) is 56.8 Å². The molecule has 0 radical (unpaired) electrons. The highest BCUT2D eigenvalue weighted by molar-refractivity contribution is 7.71. The van der Waals surface area contributed by atoms with Crippen LogP contribution >= 0.6 is 12.2 Å². The van der Waals surface area contributed by atoms with Crippen LogP contribution in [0.25, 0.3) is 0 Å². The summed E-state index contributed by atoms with van der Waals surface area (Å²) < 4.78 is 5.84. The van der Waals surface area contributed by atoms with Gasteiger partial charge in [0.05, 0.1) is 0 Å². The molecule has 2 aromatic heterocycles. The molecule has 136 valence electrons. The summed E-state index contributed by atoms with van der Waals surface area (Å²) in [4.78, 5) is 12.5. The fourth-order valence-corrected chi connectivity index (χ4v) is 3.13. The molecule has 0 aliphatic heterocycles. The number of nitrogens with one attached hydrogen (secondary N) is 1. The van der Waals surface area contributed by atoms with E-state index in [9.17, 15) is 4.79 Å². The SMILES string of the molecule is CCCc1nn(CC(=O)Nc2cccc(CC)c2)c(=S)n1-n1cccc1. The van der Waals surface area contributed by atoms with Gasteiger partial charge in [0.2, 0.25) is 10.7 Å². The third-order valence-corrected chi connectivity index (χ3v) is 4.47. The Morgan fingerprint density at radius 2 is 1.96 bits per heavy atom. The van der Waals surface area contributed by atoms with Crippen molar-refractivity contribution in [2.75, 3.05) is 5.32 Å². The molecule has 1 amide bonds. The van der Waals surface area contributed by atoms with Gasteiger partial charge in [-0.2, -0.15) is 5.10 Å². The molecule has 3 aromatic rings. The minimum Gasteiger partial charge on any atom is -0.324 e. The number of anilines is 1. The number of amides is 1. The fraction of sp³-hybridized carbons (Fsp3) is 0.316. The van der Waals surface area contributed by atoms with Crippen molar-refractivity contribution in [3.05, 3.63) is 65.0 Å². The van der Waals surface area contributed by atoms with Crippen molar-refractivity contribution in [2.24, 2.45) is 0 Å². The van der Waals surface area contributed by atoms with Gasteiger partial charge in [0.25, 0.3) is 0 Å². The van der Waals surface area contributed by atoms with Gasteiger partial charge >= 0.3 is 0 Å². The first-order valence-electron chi connectivity index (χ1n) is 8.83. The Balaban J connectivity index is 1.82. The third kappa shape index (κ3) is 3.94. The van der Waals surface area contributed by atoms with Crippen LogP contribution in [0.4, 0.5) is 5.69 Å². The molecule has 1 N–H and O–H groups in total. The molecule has 0 saturated heterocycles. The lowest BCUT2D eigenvalue weighted by atomic mass is 10.1. The average Bonchev–Trinajstić information content (AvgIpc) is 3.24. The maximum Gasteiger partial charge on any atom is 0.246 e. The third-order valence-electron chi connectivity index (χ3n) is 4.09. The lowest BCUT2D eigenvalue weighted by molar-refractivity contribution is -0.116. The average molecular weight is 369 g/mol. The van der Waals surface area contributed by atoms with Crippen molar-refractivity contribution in [2.45, 2.75) is 39.7 Å². The first kappa shape index (κ1) is 18.1. The minimum absolute atomic E-state index is 0.0835. The van der Waals surface area contributed by atoms with Crippen molar-refractivity contribution >= 4 is 23.8 Å². The standard InChI is InChI=1S/C19H23N5OS/c1-3-8-17-21-23(19(26)24(17)22-11-5-6-12-22)14-18(25)20-16-10-7-9-15(4-2)13-16/h5-7,9-13H,3-4,8,14H2,1-2H3,(H,20,25). The molecule has 0 aliphatic carbocycles. The van der Waals surface area contributed by atoms with Crippen molar-refractivity contribution in [3.8, 4) is 0 Å². The predicted molar refractivity (Wildman–Crippen MR) is 105 cm³/mol. The summed E-state index contributed by atoms with van der Waals surface area (Å²) >= 11 is 5.56. The van der Waals surface area contributed by atoms with E-state index < -0.39 is 0 Å². The highest BCUT2D eigenvalue weighted by Gasteiger charge is 2.14. The number of hydrogen-bond donors (Lipinski definition) is 1. The van der Waals surface area contributed by atoms with E-state index in [1.165, 1.54) is 5.56 Å². The van der Waals surface area contributed by atoms with E-state index in [2.05, 4.69) is 24.3 Å². The van der Waals surface area contributed by atoms with Gasteiger partial charge in [-0.25, -0.2) is 9.36 Å². The molecule has 0 fully saturated rings. The van der Waals surface area contributed by atoms with Crippen LogP contribution in [0, 0.1) is 4.77 Å². The molecule has 2 heterocycles. The molecule has 26 heavy (non-hydrogen) atoms. The first-order chi connectivity index (χ1) is 12.6. The Kier molecular flexibility index (Phi) is 5.68. The molecular formula is C19H23N5OS. The van der Waals surface area contributed by atoms with Crippen LogP contribution in [0.3, 0.4) is 0 Å². The van der Waals surface area contributed by atoms with E-state index in [1.807, 2.05) is 58.1 Å². The predicted octanol–water partition coefficient (Wildman–Crippen LogP) is 3.68. The number of benzene rings is 1. The van der Waals surface area contributed by atoms with Crippen molar-refractivity contribution in [3.63, 3.8) is 0 Å². The van der Waals surface area contributed by atoms with Crippen LogP contribution < -0.4 is 5.32 Å². The summed E-state index contributed by atoms with van der Waals surface area (Å²) in [7, 11) is 0. The lowest BCUT2D eigenvalue weighted by Crippen LogP contribution is -2.20. The second kappa shape index (κ2) is 8.14. The van der Waals surface area contributed by atoms with Crippen molar-refractivity contribution in [1.29, 1.82) is 0 Å². The number of carbonyl (C=O) groups excluding carboxylic acids is 1. The highest BCUT2D eigenvalue weighted by Crippen LogP contribution is 2.12. The Morgan fingerprint density at radius 3 is 2.65 bits per heavy atom. The zero-order chi connectivity index (χ0) is 18.5. The van der Waals surface area contributed by atoms with Gasteiger partial charge in [-0.15, -0.1) is 0 Å². The molecule has 6 nitrogen and oxygen atoms in total. The maximum atomic E-state index is 12.5. The zero-order valence-electron chi connectivity index (χ0n) is 15.1. The Bertz CT molecular complexity index is 939. The highest BCUT2D eigenvalue weighted by atomic mass is 32.1. The Labute approximate surface area is 158 Å². The molecule has 0 bridgehead atoms. The normalized spacial score (nSPS) is 10.8. The zero-order valence-corrected chi connectivity index (χ0v) is 15.9. The first-order valence-corrected chi connectivity index (χ1v) is 9.24. The molecule has 0 atom stereocenters. The van der Waals surface area contributed by atoms with Crippen LogP contribution in [0.15, 0.2) is 48.8 Å². The number of nitrogens with zero attached hydrogens (tertiary/aromatic N) is 4. The van der Waals surface area contributed by atoms with Crippen LogP contribution in [0.1, 0.15) is 31.7 Å². The van der Waals surface area contributed by atoms with Gasteiger partial charge in [-0.1, -0.05) is 26.0 Å². The monoisotopic (exact) mass is 369 g/mol. The molecule has 0 saturated carbocycles. The van der Waals surface area contributed by atoms with Crippen LogP contribution in [0.2, 0.25) is 0 Å². The minimum atomic E-state index is -0.144. The second-order valence-corrected chi connectivity index (χ2v) is 6.45. The molecule has 7 heteroatoms. The van der Waals surface area contributed by atoms with Gasteiger partial charge in [-0.05, 0) is 54.9 Å². The number of aromatic nitrogens is 4. The Morgan fingerprint density at radius 1 is 1.19 bits per heavy atom. The summed E-state index contributed by atoms with van der Waals surface area (Å²) in [6, 6.07) is 11.7. The number of carbonyl (C=O) groups is 1. The van der Waals surface area contributed by atoms with E-state index in [4.69, 9.17) is 12.2 Å². The summed E-state index contributed by atoms with van der Waals surface area (Å²) in [5.74, 6) is 0.698. The number of aryl methyl sites for hydroxylation is 2. The molecule has 0 spiro atoms. The summed E-state index contributed by atoms with van der Waals surface area (Å²) in [5.41, 5.74) is 1.97. The Hall–Kier alpha value is -2.67. The largest absolute Gasteiger partial charge is 0.324 e. The van der Waals surface area contributed by atoms with E-state index in [-0.39, 0.29) is 12.5 Å². The van der Waals surface area contributed by atoms with E-state index >= 15 is 0 Å². The van der Waals surface area contributed by atoms with E-state index in [0.29, 0.717) is 4.77 Å². The van der Waals surface area contributed by atoms with E-state index in [1.54, 1.807) is 4.68 Å². The molecule has 0 unspecified atom stereocenters. The van der Waals surface area contributed by atoms with Crippen molar-refractivity contribution < 1.29 is 4.79 Å². The molecule has 3 rings (SSSR count). The smallest absolute Gasteiger partial charge is 0.246 e. The second-order valence-electron chi connectivity index (χ2n) is 6.08. The van der Waals surface area contributed by atoms with Gasteiger partial charge in [0.15, 0.2) is 5.82 Å². The lowest BCUT2D eigenvalue weighted by Gasteiger charge is -2.07. The van der Waals surface area contributed by atoms with Gasteiger partial charge in [0, 0.05) is 24.5 Å². The van der Waals surface area contributed by atoms with Crippen LogP contribution in [-0.2, 0) is 24.2 Å². The van der Waals surface area contributed by atoms with Crippen molar-refractivity contribution in [1.82, 2.24) is 19.1 Å². The molecule has 1 aromatic carbocycles. The molecular weight excluding hydrogens is 346 g/mol. The van der Waals surface area contributed by atoms with Crippen LogP contribution in [-0.4, -0.2) is 25.0 Å². The van der Waals surface area contributed by atoms with Crippen LogP contribution in [0.5, 0.6) is 0 Å².